The van der Waals surface area contributed by atoms with Gasteiger partial charge in [-0.05, 0) is 45.1 Å². The van der Waals surface area contributed by atoms with Gasteiger partial charge in [-0.15, -0.1) is 0 Å². The summed E-state index contributed by atoms with van der Waals surface area (Å²) >= 11 is 0. The van der Waals surface area contributed by atoms with Gasteiger partial charge in [0.05, 0.1) is 5.60 Å². The normalized spacial score (nSPS) is 27.7. The van der Waals surface area contributed by atoms with Crippen LogP contribution in [0, 0.1) is 5.92 Å². The van der Waals surface area contributed by atoms with Gasteiger partial charge in [-0.3, -0.25) is 0 Å². The van der Waals surface area contributed by atoms with Crippen LogP contribution in [0.3, 0.4) is 0 Å². The van der Waals surface area contributed by atoms with Gasteiger partial charge in [-0.2, -0.15) is 0 Å². The van der Waals surface area contributed by atoms with Crippen LogP contribution in [0.25, 0.3) is 0 Å². The third-order valence-electron chi connectivity index (χ3n) is 5.16. The Morgan fingerprint density at radius 3 is 2.76 bits per heavy atom. The van der Waals surface area contributed by atoms with E-state index in [0.29, 0.717) is 6.04 Å². The number of aromatic nitrogens is 2. The smallest absolute Gasteiger partial charge is 0.110 e. The highest BCUT2D eigenvalue weighted by Crippen LogP contribution is 2.37. The highest BCUT2D eigenvalue weighted by atomic mass is 16.5. The van der Waals surface area contributed by atoms with Crippen LogP contribution >= 0.6 is 0 Å². The summed E-state index contributed by atoms with van der Waals surface area (Å²) in [5.74, 6) is 2.00. The lowest BCUT2D eigenvalue weighted by molar-refractivity contribution is -0.0735. The highest BCUT2D eigenvalue weighted by Gasteiger charge is 2.41. The van der Waals surface area contributed by atoms with Crippen molar-refractivity contribution < 1.29 is 4.74 Å². The summed E-state index contributed by atoms with van der Waals surface area (Å²) in [4.78, 5) is 4.57. The average molecular weight is 293 g/mol. The van der Waals surface area contributed by atoms with E-state index in [0.717, 1.165) is 38.1 Å². The molecule has 2 rings (SSSR count). The number of nitrogens with one attached hydrogen (secondary N) is 1. The van der Waals surface area contributed by atoms with E-state index < -0.39 is 0 Å². The Labute approximate surface area is 129 Å². The van der Waals surface area contributed by atoms with Crippen molar-refractivity contribution in [2.75, 3.05) is 14.2 Å². The number of rotatable bonds is 7. The van der Waals surface area contributed by atoms with E-state index in [9.17, 15) is 0 Å². The Kier molecular flexibility index (Phi) is 5.82. The zero-order chi connectivity index (χ0) is 15.3. The van der Waals surface area contributed by atoms with E-state index in [2.05, 4.69) is 42.0 Å². The molecule has 1 unspecified atom stereocenters. The van der Waals surface area contributed by atoms with Gasteiger partial charge in [0.25, 0.3) is 0 Å². The van der Waals surface area contributed by atoms with Gasteiger partial charge >= 0.3 is 0 Å². The zero-order valence-electron chi connectivity index (χ0n) is 14.1. The summed E-state index contributed by atoms with van der Waals surface area (Å²) < 4.78 is 8.31. The maximum atomic E-state index is 6.03. The minimum atomic E-state index is -0.0374. The van der Waals surface area contributed by atoms with Crippen LogP contribution in [0.1, 0.15) is 51.8 Å². The summed E-state index contributed by atoms with van der Waals surface area (Å²) in [5, 5.41) is 3.51. The second kappa shape index (κ2) is 7.41. The first-order valence-electron chi connectivity index (χ1n) is 8.37. The number of methoxy groups -OCH3 is 1. The number of ether oxygens (including phenoxy) is 1. The van der Waals surface area contributed by atoms with Gasteiger partial charge in [0.1, 0.15) is 5.82 Å². The molecule has 0 aliphatic heterocycles. The van der Waals surface area contributed by atoms with Gasteiger partial charge in [0, 0.05) is 38.5 Å². The molecule has 0 radical (unpaired) electrons. The number of likely N-dealkylation sites (N-methyl/N-ethyl adjacent to an activating group) is 1. The van der Waals surface area contributed by atoms with Crippen LogP contribution in [0.15, 0.2) is 12.4 Å². The molecular weight excluding hydrogens is 262 g/mol. The molecule has 1 atom stereocenters. The summed E-state index contributed by atoms with van der Waals surface area (Å²) in [6.45, 7) is 5.60. The molecular formula is C17H31N3O. The second-order valence-electron chi connectivity index (χ2n) is 6.53. The molecule has 4 heteroatoms. The lowest BCUT2D eigenvalue weighted by Gasteiger charge is -2.44. The summed E-state index contributed by atoms with van der Waals surface area (Å²) in [5.41, 5.74) is -0.0374. The molecule has 1 N–H and O–H groups in total. The average Bonchev–Trinajstić information content (AvgIpc) is 2.94. The Hall–Kier alpha value is -0.870. The first-order chi connectivity index (χ1) is 10.1. The van der Waals surface area contributed by atoms with Gasteiger partial charge < -0.3 is 14.6 Å². The first-order valence-corrected chi connectivity index (χ1v) is 8.37. The van der Waals surface area contributed by atoms with E-state index in [1.54, 1.807) is 0 Å². The molecule has 1 fully saturated rings. The number of imidazole rings is 1. The van der Waals surface area contributed by atoms with Crippen LogP contribution in [-0.2, 0) is 17.7 Å². The molecule has 0 amide bonds. The minimum absolute atomic E-state index is 0.0374. The van der Waals surface area contributed by atoms with Crippen molar-refractivity contribution in [3.8, 4) is 0 Å². The van der Waals surface area contributed by atoms with Crippen LogP contribution in [-0.4, -0.2) is 35.4 Å². The van der Waals surface area contributed by atoms with Crippen molar-refractivity contribution in [3.63, 3.8) is 0 Å². The highest BCUT2D eigenvalue weighted by molar-refractivity contribution is 5.03. The zero-order valence-corrected chi connectivity index (χ0v) is 14.1. The largest absolute Gasteiger partial charge is 0.377 e. The Bertz CT molecular complexity index is 421. The standard InChI is InChI=1S/C17H31N3O/c1-5-11-20-12-10-19-16(20)13-15(18-3)17(21-4)8-6-14(2)7-9-17/h10,12,14-15,18H,5-9,11,13H2,1-4H3. The molecule has 0 spiro atoms. The molecule has 1 aromatic rings. The van der Waals surface area contributed by atoms with E-state index in [-0.39, 0.29) is 5.60 Å². The molecule has 1 aliphatic carbocycles. The molecule has 0 bridgehead atoms. The quantitative estimate of drug-likeness (QED) is 0.840. The first kappa shape index (κ1) is 16.5. The number of hydrogen-bond acceptors (Lipinski definition) is 3. The van der Waals surface area contributed by atoms with Crippen molar-refractivity contribution in [2.45, 2.75) is 70.6 Å². The molecule has 1 aliphatic rings. The predicted octanol–water partition coefficient (Wildman–Crippen LogP) is 3.02. The van der Waals surface area contributed by atoms with Crippen LogP contribution < -0.4 is 5.32 Å². The molecule has 1 heterocycles. The Morgan fingerprint density at radius 1 is 1.48 bits per heavy atom. The monoisotopic (exact) mass is 293 g/mol. The Balaban J connectivity index is 2.12. The predicted molar refractivity (Wildman–Crippen MR) is 86.4 cm³/mol. The topological polar surface area (TPSA) is 39.1 Å². The molecule has 0 aromatic carbocycles. The fourth-order valence-electron chi connectivity index (χ4n) is 3.65. The van der Waals surface area contributed by atoms with Gasteiger partial charge in [-0.25, -0.2) is 4.98 Å². The van der Waals surface area contributed by atoms with Crippen LogP contribution in [0.2, 0.25) is 0 Å². The number of hydrogen-bond donors (Lipinski definition) is 1. The summed E-state index contributed by atoms with van der Waals surface area (Å²) in [7, 11) is 3.93. The molecule has 4 nitrogen and oxygen atoms in total. The minimum Gasteiger partial charge on any atom is -0.377 e. The third kappa shape index (κ3) is 3.67. The van der Waals surface area contributed by atoms with E-state index in [4.69, 9.17) is 4.74 Å². The fraction of sp³-hybridized carbons (Fsp3) is 0.824. The lowest BCUT2D eigenvalue weighted by Crippen LogP contribution is -2.54. The SMILES string of the molecule is CCCn1ccnc1CC(NC)C1(OC)CCC(C)CC1. The molecule has 1 saturated carbocycles. The van der Waals surface area contributed by atoms with Gasteiger partial charge in [0.2, 0.25) is 0 Å². The second-order valence-corrected chi connectivity index (χ2v) is 6.53. The lowest BCUT2D eigenvalue weighted by atomic mass is 9.74. The Morgan fingerprint density at radius 2 is 2.19 bits per heavy atom. The van der Waals surface area contributed by atoms with Crippen molar-refractivity contribution in [1.82, 2.24) is 14.9 Å². The molecule has 120 valence electrons. The van der Waals surface area contributed by atoms with Crippen molar-refractivity contribution in [3.05, 3.63) is 18.2 Å². The summed E-state index contributed by atoms with van der Waals surface area (Å²) in [6.07, 6.45) is 10.9. The number of nitrogens with zero attached hydrogens (tertiary/aromatic N) is 2. The third-order valence-corrected chi connectivity index (χ3v) is 5.16. The van der Waals surface area contributed by atoms with Crippen LogP contribution in [0.5, 0.6) is 0 Å². The van der Waals surface area contributed by atoms with Gasteiger partial charge in [-0.1, -0.05) is 13.8 Å². The van der Waals surface area contributed by atoms with Crippen LogP contribution in [0.4, 0.5) is 0 Å². The summed E-state index contributed by atoms with van der Waals surface area (Å²) in [6, 6.07) is 0.327. The van der Waals surface area contributed by atoms with Gasteiger partial charge in [0.15, 0.2) is 0 Å². The molecule has 0 saturated heterocycles. The molecule has 1 aromatic heterocycles. The van der Waals surface area contributed by atoms with E-state index in [1.165, 1.54) is 18.7 Å². The van der Waals surface area contributed by atoms with Crippen molar-refractivity contribution in [2.24, 2.45) is 5.92 Å². The van der Waals surface area contributed by atoms with Crippen molar-refractivity contribution in [1.29, 1.82) is 0 Å². The number of aryl methyl sites for hydroxylation is 1. The van der Waals surface area contributed by atoms with E-state index in [1.807, 2.05) is 13.3 Å². The fourth-order valence-corrected chi connectivity index (χ4v) is 3.65. The maximum absolute atomic E-state index is 6.03. The van der Waals surface area contributed by atoms with Crippen molar-refractivity contribution >= 4 is 0 Å². The van der Waals surface area contributed by atoms with E-state index >= 15 is 0 Å². The molecule has 21 heavy (non-hydrogen) atoms. The maximum Gasteiger partial charge on any atom is 0.110 e.